The molecule has 268 valence electrons. The number of para-hydroxylation sites is 4. The molecule has 2 aliphatic heterocycles. The Morgan fingerprint density at radius 1 is 0.357 bits per heavy atom. The molecule has 8 aromatic carbocycles. The average Bonchev–Trinajstić information content (AvgIpc) is 3.60. The lowest BCUT2D eigenvalue weighted by Gasteiger charge is -2.34. The van der Waals surface area contributed by atoms with Crippen molar-refractivity contribution >= 4 is 44.9 Å². The molecule has 2 aliphatic carbocycles. The van der Waals surface area contributed by atoms with Gasteiger partial charge in [-0.05, 0) is 126 Å². The SMILES string of the molecule is CC1(C)c2cc(N3c4ccccc4Cc4ccccc43)ccc2-c2c1ccc1c3c(ccc21)C(C)(C)c1cc(N2c4ccccc4Cc4ccccc42)ccc1-3. The van der Waals surface area contributed by atoms with Crippen LogP contribution in [0.2, 0.25) is 0 Å². The van der Waals surface area contributed by atoms with Crippen molar-refractivity contribution in [3.8, 4) is 22.3 Å². The minimum Gasteiger partial charge on any atom is -0.310 e. The summed E-state index contributed by atoms with van der Waals surface area (Å²) in [6.07, 6.45) is 1.92. The molecule has 0 fully saturated rings. The summed E-state index contributed by atoms with van der Waals surface area (Å²) in [5.74, 6) is 0. The summed E-state index contributed by atoms with van der Waals surface area (Å²) in [7, 11) is 0. The molecular formula is C54H42N2. The van der Waals surface area contributed by atoms with Gasteiger partial charge in [-0.25, -0.2) is 0 Å². The zero-order valence-corrected chi connectivity index (χ0v) is 32.3. The van der Waals surface area contributed by atoms with Gasteiger partial charge in [0.2, 0.25) is 0 Å². The highest BCUT2D eigenvalue weighted by molar-refractivity contribution is 6.11. The summed E-state index contributed by atoms with van der Waals surface area (Å²) in [5, 5.41) is 2.70. The summed E-state index contributed by atoms with van der Waals surface area (Å²) in [6.45, 7) is 9.65. The third kappa shape index (κ3) is 4.17. The molecule has 2 heteroatoms. The van der Waals surface area contributed by atoms with Gasteiger partial charge in [-0.2, -0.15) is 0 Å². The van der Waals surface area contributed by atoms with Gasteiger partial charge in [0.1, 0.15) is 0 Å². The third-order valence-corrected chi connectivity index (χ3v) is 13.6. The number of fused-ring (bicyclic) bond motifs is 13. The van der Waals surface area contributed by atoms with Crippen molar-refractivity contribution in [3.63, 3.8) is 0 Å². The van der Waals surface area contributed by atoms with Crippen molar-refractivity contribution in [2.45, 2.75) is 51.4 Å². The van der Waals surface area contributed by atoms with Gasteiger partial charge in [-0.1, -0.05) is 137 Å². The van der Waals surface area contributed by atoms with E-state index in [2.05, 4.69) is 195 Å². The summed E-state index contributed by atoms with van der Waals surface area (Å²) in [6, 6.07) is 59.8. The second-order valence-corrected chi connectivity index (χ2v) is 17.3. The van der Waals surface area contributed by atoms with Crippen molar-refractivity contribution in [2.24, 2.45) is 0 Å². The van der Waals surface area contributed by atoms with Crippen LogP contribution in [0.4, 0.5) is 34.1 Å². The van der Waals surface area contributed by atoms with Crippen molar-refractivity contribution in [1.29, 1.82) is 0 Å². The van der Waals surface area contributed by atoms with E-state index in [1.54, 1.807) is 0 Å². The van der Waals surface area contributed by atoms with Crippen LogP contribution < -0.4 is 9.80 Å². The predicted molar refractivity (Wildman–Crippen MR) is 234 cm³/mol. The van der Waals surface area contributed by atoms with E-state index in [0.29, 0.717) is 0 Å². The lowest BCUT2D eigenvalue weighted by Crippen LogP contribution is -2.20. The molecule has 2 nitrogen and oxygen atoms in total. The molecule has 4 aliphatic rings. The first kappa shape index (κ1) is 31.9. The lowest BCUT2D eigenvalue weighted by molar-refractivity contribution is 0.660. The van der Waals surface area contributed by atoms with Crippen molar-refractivity contribution in [1.82, 2.24) is 0 Å². The van der Waals surface area contributed by atoms with Crippen LogP contribution >= 0.6 is 0 Å². The zero-order valence-electron chi connectivity index (χ0n) is 32.3. The van der Waals surface area contributed by atoms with E-state index < -0.39 is 0 Å². The van der Waals surface area contributed by atoms with E-state index in [4.69, 9.17) is 0 Å². The first-order valence-corrected chi connectivity index (χ1v) is 20.1. The Kier molecular flexibility index (Phi) is 6.33. The second-order valence-electron chi connectivity index (χ2n) is 17.3. The highest BCUT2D eigenvalue weighted by Crippen LogP contribution is 2.58. The van der Waals surface area contributed by atoms with E-state index in [9.17, 15) is 0 Å². The Hall–Kier alpha value is -6.38. The van der Waals surface area contributed by atoms with Gasteiger partial charge < -0.3 is 9.80 Å². The van der Waals surface area contributed by atoms with Crippen LogP contribution in [0.15, 0.2) is 158 Å². The van der Waals surface area contributed by atoms with Crippen LogP contribution in [0.5, 0.6) is 0 Å². The van der Waals surface area contributed by atoms with Gasteiger partial charge in [0.15, 0.2) is 0 Å². The molecule has 0 amide bonds. The van der Waals surface area contributed by atoms with Crippen molar-refractivity contribution in [2.75, 3.05) is 9.80 Å². The van der Waals surface area contributed by atoms with Gasteiger partial charge in [-0.3, -0.25) is 0 Å². The molecule has 56 heavy (non-hydrogen) atoms. The number of benzene rings is 8. The minimum atomic E-state index is -0.143. The number of hydrogen-bond acceptors (Lipinski definition) is 2. The molecule has 0 atom stereocenters. The van der Waals surface area contributed by atoms with Gasteiger partial charge >= 0.3 is 0 Å². The molecule has 0 N–H and O–H groups in total. The van der Waals surface area contributed by atoms with E-state index in [1.807, 2.05) is 0 Å². The number of hydrogen-bond donors (Lipinski definition) is 0. The number of anilines is 6. The van der Waals surface area contributed by atoms with E-state index in [1.165, 1.54) is 112 Å². The fourth-order valence-corrected chi connectivity index (χ4v) is 10.9. The Labute approximate surface area is 329 Å². The van der Waals surface area contributed by atoms with Crippen LogP contribution in [0.25, 0.3) is 33.0 Å². The fraction of sp³-hybridized carbons (Fsp3) is 0.148. The summed E-state index contributed by atoms with van der Waals surface area (Å²) >= 11 is 0. The molecule has 0 unspecified atom stereocenters. The standard InChI is InChI=1S/C54H42N2/c1-53(2)43-27-25-40-39(51(43)41-23-21-37(31-45(41)53)55-47-17-9-5-13-33(47)29-34-14-6-10-18-48(34)55)26-28-44-52(40)42-24-22-38(32-46(42)54(44,3)4)56-49-19-11-7-15-35(49)30-36-16-8-12-20-50(36)56/h5-28,31-32H,29-30H2,1-4H3. The highest BCUT2D eigenvalue weighted by Gasteiger charge is 2.41. The maximum atomic E-state index is 2.48. The van der Waals surface area contributed by atoms with Gasteiger partial charge in [0.25, 0.3) is 0 Å². The maximum Gasteiger partial charge on any atom is 0.0497 e. The molecule has 8 aromatic rings. The molecule has 0 saturated heterocycles. The zero-order chi connectivity index (χ0) is 37.5. The summed E-state index contributed by atoms with van der Waals surface area (Å²) < 4.78 is 0. The Morgan fingerprint density at radius 2 is 0.696 bits per heavy atom. The van der Waals surface area contributed by atoms with Gasteiger partial charge in [-0.15, -0.1) is 0 Å². The van der Waals surface area contributed by atoms with E-state index in [0.717, 1.165) is 12.8 Å². The van der Waals surface area contributed by atoms with E-state index >= 15 is 0 Å². The van der Waals surface area contributed by atoms with Crippen LogP contribution in [-0.4, -0.2) is 0 Å². The smallest absolute Gasteiger partial charge is 0.0497 e. The van der Waals surface area contributed by atoms with Crippen molar-refractivity contribution in [3.05, 3.63) is 202 Å². The van der Waals surface area contributed by atoms with Crippen molar-refractivity contribution < 1.29 is 0 Å². The summed E-state index contributed by atoms with van der Waals surface area (Å²) in [5.41, 5.74) is 23.8. The quantitative estimate of drug-likeness (QED) is 0.176. The summed E-state index contributed by atoms with van der Waals surface area (Å²) in [4.78, 5) is 4.96. The molecular weight excluding hydrogens is 677 g/mol. The van der Waals surface area contributed by atoms with Gasteiger partial charge in [0.05, 0.1) is 0 Å². The lowest BCUT2D eigenvalue weighted by atomic mass is 9.80. The number of rotatable bonds is 2. The molecule has 0 bridgehead atoms. The molecule has 2 heterocycles. The first-order chi connectivity index (χ1) is 27.3. The van der Waals surface area contributed by atoms with Crippen LogP contribution in [0.1, 0.15) is 72.2 Å². The Morgan fingerprint density at radius 3 is 1.05 bits per heavy atom. The average molecular weight is 719 g/mol. The van der Waals surface area contributed by atoms with Crippen LogP contribution in [0.3, 0.4) is 0 Å². The van der Waals surface area contributed by atoms with Crippen LogP contribution in [-0.2, 0) is 23.7 Å². The molecule has 0 aromatic heterocycles. The predicted octanol–water partition coefficient (Wildman–Crippen LogP) is 14.2. The Balaban J connectivity index is 1.01. The number of nitrogens with zero attached hydrogens (tertiary/aromatic N) is 2. The molecule has 0 radical (unpaired) electrons. The first-order valence-electron chi connectivity index (χ1n) is 20.1. The monoisotopic (exact) mass is 718 g/mol. The maximum absolute atomic E-state index is 2.48. The normalized spacial score (nSPS) is 15.9. The highest BCUT2D eigenvalue weighted by atomic mass is 15.2. The topological polar surface area (TPSA) is 6.48 Å². The largest absolute Gasteiger partial charge is 0.310 e. The second kappa shape index (κ2) is 11.1. The molecule has 12 rings (SSSR count). The Bertz CT molecular complexity index is 2700. The minimum absolute atomic E-state index is 0.143. The molecule has 0 spiro atoms. The fourth-order valence-electron chi connectivity index (χ4n) is 10.9. The van der Waals surface area contributed by atoms with E-state index in [-0.39, 0.29) is 10.8 Å². The van der Waals surface area contributed by atoms with Gasteiger partial charge in [0, 0.05) is 57.8 Å². The third-order valence-electron chi connectivity index (χ3n) is 13.6. The molecule has 0 saturated carbocycles. The van der Waals surface area contributed by atoms with Crippen LogP contribution in [0, 0.1) is 0 Å².